The van der Waals surface area contributed by atoms with E-state index in [4.69, 9.17) is 21.6 Å². The molecule has 0 saturated heterocycles. The number of unbranched alkanes of at least 4 members (excludes halogenated alkanes) is 1. The number of carbonyl (C=O) groups excluding carboxylic acids is 4. The first-order valence-electron chi connectivity index (χ1n) is 17.3. The summed E-state index contributed by atoms with van der Waals surface area (Å²) >= 11 is 1.13. The number of esters is 1. The summed E-state index contributed by atoms with van der Waals surface area (Å²) in [5.41, 5.74) is 8.99. The van der Waals surface area contributed by atoms with Crippen LogP contribution in [0.4, 0.5) is 0 Å². The summed E-state index contributed by atoms with van der Waals surface area (Å²) in [7, 11) is 3.38. The molecule has 0 radical (unpaired) electrons. The van der Waals surface area contributed by atoms with Gasteiger partial charge >= 0.3 is 5.97 Å². The third-order valence-corrected chi connectivity index (χ3v) is 7.36. The standard InChI is InChI=1S/C33H52N2O6S.C4H11N5/c1-5-6-7-8-9-10-11-12-13-14-15-16-17-18-19-20-21-22-30(38)41-27-33(3,4)31(39)32(40)35-24-23-29(37)34-25-26-42-28(2)36;1-9(2)4(7)8-3(5)6/h6-7,9-10,12-13,15-16,18-19,31,39H,5,8,11,14,17,20-27H2,1-4H3,(H,34,37)(H,35,40);1-2H3,(H5,5,6,7,8)/b7-6-,10-9-,13-12-,16-15-,19-18-;/t31-;/m0./s1. The van der Waals surface area contributed by atoms with Crippen LogP contribution in [-0.4, -0.2) is 90.5 Å². The van der Waals surface area contributed by atoms with E-state index in [1.807, 2.05) is 0 Å². The lowest BCUT2D eigenvalue weighted by Crippen LogP contribution is -2.47. The zero-order chi connectivity index (χ0) is 38.9. The maximum atomic E-state index is 12.3. The Hall–Kier alpha value is -4.17. The molecule has 0 spiro atoms. The molecule has 0 heterocycles. The minimum absolute atomic E-state index is 0.0138. The molecule has 0 aliphatic carbocycles. The molecule has 8 N–H and O–H groups in total. The van der Waals surface area contributed by atoms with Gasteiger partial charge < -0.3 is 36.8 Å². The first-order chi connectivity index (χ1) is 24.1. The van der Waals surface area contributed by atoms with E-state index in [0.29, 0.717) is 18.7 Å². The predicted molar refractivity (Wildman–Crippen MR) is 210 cm³/mol. The molecule has 2 amide bonds. The Morgan fingerprint density at radius 2 is 1.41 bits per heavy atom. The van der Waals surface area contributed by atoms with Crippen molar-refractivity contribution in [2.45, 2.75) is 91.6 Å². The van der Waals surface area contributed by atoms with E-state index in [1.165, 1.54) is 11.8 Å². The zero-order valence-electron chi connectivity index (χ0n) is 31.5. The van der Waals surface area contributed by atoms with Crippen LogP contribution >= 0.6 is 11.8 Å². The number of nitrogens with zero attached hydrogens (tertiary/aromatic N) is 2. The molecule has 0 aromatic rings. The molecule has 0 aromatic carbocycles. The second-order valence-electron chi connectivity index (χ2n) is 12.1. The highest BCUT2D eigenvalue weighted by atomic mass is 32.2. The van der Waals surface area contributed by atoms with Crippen molar-refractivity contribution in [3.05, 3.63) is 60.8 Å². The number of nitrogens with one attached hydrogen (secondary N) is 3. The Morgan fingerprint density at radius 1 is 0.882 bits per heavy atom. The molecule has 288 valence electrons. The molecule has 0 aliphatic heterocycles. The van der Waals surface area contributed by atoms with Crippen molar-refractivity contribution in [2.75, 3.05) is 39.5 Å². The molecular formula is C37H63N7O6S. The number of carbonyl (C=O) groups is 4. The molecule has 13 nitrogen and oxygen atoms in total. The van der Waals surface area contributed by atoms with Crippen molar-refractivity contribution < 1.29 is 29.0 Å². The predicted octanol–water partition coefficient (Wildman–Crippen LogP) is 4.50. The van der Waals surface area contributed by atoms with Gasteiger partial charge in [-0.3, -0.25) is 24.6 Å². The minimum Gasteiger partial charge on any atom is -0.465 e. The first kappa shape index (κ1) is 48.9. The Balaban J connectivity index is 0. The van der Waals surface area contributed by atoms with Crippen LogP contribution in [0.2, 0.25) is 0 Å². The summed E-state index contributed by atoms with van der Waals surface area (Å²) in [6.07, 6.45) is 26.5. The summed E-state index contributed by atoms with van der Waals surface area (Å²) in [6.45, 7) is 7.20. The number of guanidine groups is 2. The lowest BCUT2D eigenvalue weighted by molar-refractivity contribution is -0.153. The van der Waals surface area contributed by atoms with Crippen molar-refractivity contribution in [1.29, 1.82) is 5.41 Å². The Kier molecular flexibility index (Phi) is 30.5. The normalized spacial score (nSPS) is 12.2. The van der Waals surface area contributed by atoms with Crippen LogP contribution in [0.5, 0.6) is 0 Å². The SMILES string of the molecule is CC/C=C\C/C=C\C/C=C\C/C=C\C/C=C\CCCC(=O)OCC(C)(C)[C@@H](O)C(=O)NCCC(=O)NCCSC(C)=O.CN(C)C(=N)N=C(N)N. The van der Waals surface area contributed by atoms with E-state index < -0.39 is 17.4 Å². The molecule has 51 heavy (non-hydrogen) atoms. The second-order valence-corrected chi connectivity index (χ2v) is 13.4. The maximum absolute atomic E-state index is 12.3. The van der Waals surface area contributed by atoms with E-state index in [2.05, 4.69) is 83.3 Å². The van der Waals surface area contributed by atoms with Crippen LogP contribution in [0.15, 0.2) is 65.8 Å². The molecule has 0 fully saturated rings. The molecule has 0 saturated carbocycles. The van der Waals surface area contributed by atoms with Gasteiger partial charge in [0.2, 0.25) is 17.8 Å². The number of nitrogens with two attached hydrogens (primary N) is 2. The van der Waals surface area contributed by atoms with Gasteiger partial charge in [-0.25, -0.2) is 0 Å². The number of hydrogen-bond donors (Lipinski definition) is 6. The summed E-state index contributed by atoms with van der Waals surface area (Å²) in [5.74, 6) is -0.810. The summed E-state index contributed by atoms with van der Waals surface area (Å²) < 4.78 is 5.30. The van der Waals surface area contributed by atoms with E-state index in [0.717, 1.165) is 50.3 Å². The van der Waals surface area contributed by atoms with Crippen LogP contribution in [-0.2, 0) is 23.9 Å². The van der Waals surface area contributed by atoms with Gasteiger partial charge in [0.1, 0.15) is 6.10 Å². The van der Waals surface area contributed by atoms with Crippen molar-refractivity contribution in [2.24, 2.45) is 21.9 Å². The first-order valence-corrected chi connectivity index (χ1v) is 18.2. The number of allylic oxidation sites excluding steroid dienone is 10. The van der Waals surface area contributed by atoms with Gasteiger partial charge in [0.05, 0.1) is 6.61 Å². The third-order valence-electron chi connectivity index (χ3n) is 6.54. The molecule has 0 aromatic heterocycles. The Labute approximate surface area is 309 Å². The smallest absolute Gasteiger partial charge is 0.305 e. The molecule has 0 unspecified atom stereocenters. The van der Waals surface area contributed by atoms with E-state index in [-0.39, 0.29) is 54.9 Å². The van der Waals surface area contributed by atoms with Crippen molar-refractivity contribution >= 4 is 46.6 Å². The minimum atomic E-state index is -1.40. The average Bonchev–Trinajstić information content (AvgIpc) is 3.06. The highest BCUT2D eigenvalue weighted by Gasteiger charge is 2.34. The van der Waals surface area contributed by atoms with Gasteiger partial charge in [0, 0.05) is 58.1 Å². The molecule has 0 aliphatic rings. The maximum Gasteiger partial charge on any atom is 0.305 e. The topological polar surface area (TPSA) is 213 Å². The van der Waals surface area contributed by atoms with Gasteiger partial charge in [-0.1, -0.05) is 93.3 Å². The third kappa shape index (κ3) is 32.8. The van der Waals surface area contributed by atoms with Gasteiger partial charge in [0.15, 0.2) is 11.1 Å². The summed E-state index contributed by atoms with van der Waals surface area (Å²) in [4.78, 5) is 52.0. The van der Waals surface area contributed by atoms with E-state index in [9.17, 15) is 24.3 Å². The van der Waals surface area contributed by atoms with Crippen molar-refractivity contribution in [3.63, 3.8) is 0 Å². The summed E-state index contributed by atoms with van der Waals surface area (Å²) in [6, 6.07) is 0. The van der Waals surface area contributed by atoms with Gasteiger partial charge in [0.25, 0.3) is 0 Å². The van der Waals surface area contributed by atoms with Gasteiger partial charge in [-0.15, -0.1) is 0 Å². The number of amides is 2. The van der Waals surface area contributed by atoms with Crippen LogP contribution in [0, 0.1) is 10.8 Å². The lowest BCUT2D eigenvalue weighted by Gasteiger charge is -2.29. The van der Waals surface area contributed by atoms with Crippen LogP contribution in [0.3, 0.4) is 0 Å². The van der Waals surface area contributed by atoms with Gasteiger partial charge in [-0.05, 0) is 44.9 Å². The number of aliphatic imine (C=N–C) groups is 1. The Bertz CT molecular complexity index is 1210. The molecule has 14 heteroatoms. The van der Waals surface area contributed by atoms with E-state index >= 15 is 0 Å². The average molecular weight is 734 g/mol. The van der Waals surface area contributed by atoms with Gasteiger partial charge in [-0.2, -0.15) is 4.99 Å². The Morgan fingerprint density at radius 3 is 1.88 bits per heavy atom. The number of aliphatic hydroxyl groups is 1. The molecular weight excluding hydrogens is 671 g/mol. The monoisotopic (exact) mass is 733 g/mol. The number of ether oxygens (including phenoxy) is 1. The van der Waals surface area contributed by atoms with Crippen LogP contribution < -0.4 is 22.1 Å². The second kappa shape index (κ2) is 31.8. The number of rotatable bonds is 23. The van der Waals surface area contributed by atoms with Crippen molar-refractivity contribution in [1.82, 2.24) is 15.5 Å². The molecule has 0 bridgehead atoms. The summed E-state index contributed by atoms with van der Waals surface area (Å²) in [5, 5.41) is 22.6. The fourth-order valence-corrected chi connectivity index (χ4v) is 4.09. The largest absolute Gasteiger partial charge is 0.465 e. The van der Waals surface area contributed by atoms with Crippen molar-refractivity contribution in [3.8, 4) is 0 Å². The fraction of sp³-hybridized carbons (Fsp3) is 0.568. The highest BCUT2D eigenvalue weighted by Crippen LogP contribution is 2.22. The molecule has 0 rings (SSSR count). The lowest BCUT2D eigenvalue weighted by atomic mass is 9.87. The number of hydrogen-bond acceptors (Lipinski definition) is 8. The van der Waals surface area contributed by atoms with Crippen LogP contribution in [0.1, 0.15) is 85.5 Å². The van der Waals surface area contributed by atoms with Crippen LogP contribution in [0.25, 0.3) is 0 Å². The van der Waals surface area contributed by atoms with E-state index in [1.54, 1.807) is 27.9 Å². The fourth-order valence-electron chi connectivity index (χ4n) is 3.60. The number of aliphatic hydroxyl groups excluding tert-OH is 1. The molecule has 1 atom stereocenters. The number of thioether (sulfide) groups is 1. The quantitative estimate of drug-likeness (QED) is 0.0285. The zero-order valence-corrected chi connectivity index (χ0v) is 32.3. The highest BCUT2D eigenvalue weighted by molar-refractivity contribution is 8.13.